The summed E-state index contributed by atoms with van der Waals surface area (Å²) in [5.41, 5.74) is 4.93. The fourth-order valence-electron chi connectivity index (χ4n) is 2.58. The Balaban J connectivity index is 2.24. The third-order valence-corrected chi connectivity index (χ3v) is 5.31. The van der Waals surface area contributed by atoms with Crippen molar-refractivity contribution < 1.29 is 26.3 Å². The van der Waals surface area contributed by atoms with Gasteiger partial charge < -0.3 is 10.5 Å². The minimum absolute atomic E-state index is 0.140. The average molecular weight is 338 g/mol. The quantitative estimate of drug-likeness (QED) is 0.831. The van der Waals surface area contributed by atoms with E-state index in [4.69, 9.17) is 5.73 Å². The molecule has 0 aliphatic heterocycles. The zero-order chi connectivity index (χ0) is 16.4. The second-order valence-corrected chi connectivity index (χ2v) is 6.95. The molecule has 0 unspecified atom stereocenters. The van der Waals surface area contributed by atoms with Crippen LogP contribution < -0.4 is 15.2 Å². The van der Waals surface area contributed by atoms with Crippen molar-refractivity contribution in [3.63, 3.8) is 0 Å². The van der Waals surface area contributed by atoms with Crippen molar-refractivity contribution in [1.29, 1.82) is 0 Å². The molecule has 1 saturated carbocycles. The van der Waals surface area contributed by atoms with E-state index in [2.05, 4.69) is 9.46 Å². The lowest BCUT2D eigenvalue weighted by Crippen LogP contribution is -2.51. The summed E-state index contributed by atoms with van der Waals surface area (Å²) in [5, 5.41) is 0. The van der Waals surface area contributed by atoms with E-state index in [0.29, 0.717) is 18.9 Å². The molecule has 0 saturated heterocycles. The third-order valence-electron chi connectivity index (χ3n) is 3.73. The van der Waals surface area contributed by atoms with E-state index in [1.54, 1.807) is 0 Å². The second kappa shape index (κ2) is 6.43. The lowest BCUT2D eigenvalue weighted by molar-refractivity contribution is -0.0522. The van der Waals surface area contributed by atoms with Gasteiger partial charge in [0.2, 0.25) is 10.0 Å². The Morgan fingerprint density at radius 1 is 1.32 bits per heavy atom. The van der Waals surface area contributed by atoms with Crippen LogP contribution in [0, 0.1) is 5.82 Å². The maximum absolute atomic E-state index is 13.7. The van der Waals surface area contributed by atoms with Crippen LogP contribution in [0.25, 0.3) is 0 Å². The molecular weight excluding hydrogens is 321 g/mol. The van der Waals surface area contributed by atoms with Crippen molar-refractivity contribution in [3.8, 4) is 5.75 Å². The first-order valence-electron chi connectivity index (χ1n) is 6.76. The van der Waals surface area contributed by atoms with Crippen LogP contribution in [0.2, 0.25) is 0 Å². The van der Waals surface area contributed by atoms with Gasteiger partial charge in [0.05, 0.1) is 4.90 Å². The zero-order valence-corrected chi connectivity index (χ0v) is 12.5. The number of alkyl halides is 2. The van der Waals surface area contributed by atoms with Crippen LogP contribution in [0.5, 0.6) is 5.75 Å². The number of benzene rings is 1. The highest BCUT2D eigenvalue weighted by Crippen LogP contribution is 2.31. The van der Waals surface area contributed by atoms with Crippen LogP contribution in [0.4, 0.5) is 13.2 Å². The van der Waals surface area contributed by atoms with E-state index in [1.807, 2.05) is 0 Å². The van der Waals surface area contributed by atoms with Gasteiger partial charge in [-0.3, -0.25) is 0 Å². The Labute approximate surface area is 126 Å². The molecule has 0 radical (unpaired) electrons. The number of halogens is 3. The van der Waals surface area contributed by atoms with Gasteiger partial charge in [0, 0.05) is 12.1 Å². The first-order chi connectivity index (χ1) is 10.3. The van der Waals surface area contributed by atoms with E-state index in [0.717, 1.165) is 25.0 Å². The molecule has 0 aromatic heterocycles. The summed E-state index contributed by atoms with van der Waals surface area (Å²) in [6.07, 6.45) is 2.93. The number of sulfonamides is 1. The van der Waals surface area contributed by atoms with Crippen molar-refractivity contribution in [1.82, 2.24) is 4.72 Å². The van der Waals surface area contributed by atoms with Crippen molar-refractivity contribution in [2.24, 2.45) is 5.73 Å². The Morgan fingerprint density at radius 2 is 1.95 bits per heavy atom. The van der Waals surface area contributed by atoms with Gasteiger partial charge in [-0.25, -0.2) is 17.5 Å². The zero-order valence-electron chi connectivity index (χ0n) is 11.7. The molecule has 0 spiro atoms. The van der Waals surface area contributed by atoms with Crippen molar-refractivity contribution >= 4 is 10.0 Å². The first-order valence-corrected chi connectivity index (χ1v) is 8.25. The molecule has 1 aromatic carbocycles. The smallest absolute Gasteiger partial charge is 0.387 e. The summed E-state index contributed by atoms with van der Waals surface area (Å²) in [5.74, 6) is -1.88. The normalized spacial score (nSPS) is 17.9. The summed E-state index contributed by atoms with van der Waals surface area (Å²) in [6, 6.07) is 2.53. The number of hydrogen-bond acceptors (Lipinski definition) is 4. The van der Waals surface area contributed by atoms with Gasteiger partial charge in [-0.05, 0) is 31.0 Å². The molecule has 2 rings (SSSR count). The van der Waals surface area contributed by atoms with E-state index in [1.165, 1.54) is 0 Å². The maximum atomic E-state index is 13.7. The number of ether oxygens (including phenoxy) is 1. The topological polar surface area (TPSA) is 81.4 Å². The van der Waals surface area contributed by atoms with Crippen LogP contribution in [0.3, 0.4) is 0 Å². The molecule has 1 fully saturated rings. The highest BCUT2D eigenvalue weighted by Gasteiger charge is 2.37. The summed E-state index contributed by atoms with van der Waals surface area (Å²) in [6.45, 7) is -3.05. The van der Waals surface area contributed by atoms with Gasteiger partial charge in [0.15, 0.2) is 11.6 Å². The number of nitrogens with one attached hydrogen (secondary N) is 1. The van der Waals surface area contributed by atoms with Crippen LogP contribution in [0.15, 0.2) is 23.1 Å². The van der Waals surface area contributed by atoms with Gasteiger partial charge in [0.25, 0.3) is 0 Å². The molecule has 5 nitrogen and oxygen atoms in total. The molecule has 0 atom stereocenters. The van der Waals surface area contributed by atoms with Crippen molar-refractivity contribution in [3.05, 3.63) is 24.0 Å². The fourth-order valence-corrected chi connectivity index (χ4v) is 4.07. The molecule has 9 heteroatoms. The van der Waals surface area contributed by atoms with E-state index in [-0.39, 0.29) is 11.4 Å². The molecule has 1 aliphatic carbocycles. The molecule has 3 N–H and O–H groups in total. The van der Waals surface area contributed by atoms with Crippen molar-refractivity contribution in [2.75, 3.05) is 6.54 Å². The molecule has 22 heavy (non-hydrogen) atoms. The first kappa shape index (κ1) is 17.0. The monoisotopic (exact) mass is 338 g/mol. The molecule has 124 valence electrons. The van der Waals surface area contributed by atoms with Crippen LogP contribution in [-0.4, -0.2) is 27.1 Å². The molecule has 0 heterocycles. The predicted octanol–water partition coefficient (Wildman–Crippen LogP) is 1.98. The fraction of sp³-hybridized carbons (Fsp3) is 0.538. The minimum Gasteiger partial charge on any atom is -0.432 e. The second-order valence-electron chi connectivity index (χ2n) is 5.27. The Hall–Kier alpha value is -1.32. The summed E-state index contributed by atoms with van der Waals surface area (Å²) < 4.78 is 68.9. The lowest BCUT2D eigenvalue weighted by Gasteiger charge is -2.28. The molecule has 0 amide bonds. The van der Waals surface area contributed by atoms with Crippen molar-refractivity contribution in [2.45, 2.75) is 42.7 Å². The maximum Gasteiger partial charge on any atom is 0.387 e. The standard InChI is InChI=1S/C13H17F3N2O3S/c14-10-7-9(3-4-11(10)21-12(15)16)22(19,20)18-13(8-17)5-1-2-6-13/h3-4,7,12,18H,1-2,5-6,8,17H2. The Morgan fingerprint density at radius 3 is 2.45 bits per heavy atom. The van der Waals surface area contributed by atoms with Gasteiger partial charge in [-0.1, -0.05) is 12.8 Å². The minimum atomic E-state index is -4.00. The Kier molecular flexibility index (Phi) is 4.98. The molecular formula is C13H17F3N2O3S. The predicted molar refractivity (Wildman–Crippen MR) is 73.6 cm³/mol. The Bertz CT molecular complexity index is 631. The number of hydrogen-bond donors (Lipinski definition) is 2. The van der Waals surface area contributed by atoms with E-state index < -0.39 is 33.7 Å². The highest BCUT2D eigenvalue weighted by atomic mass is 32.2. The highest BCUT2D eigenvalue weighted by molar-refractivity contribution is 7.89. The van der Waals surface area contributed by atoms with Crippen LogP contribution in [-0.2, 0) is 10.0 Å². The SMILES string of the molecule is NCC1(NS(=O)(=O)c2ccc(OC(F)F)c(F)c2)CCCC1. The van der Waals surface area contributed by atoms with E-state index in [9.17, 15) is 21.6 Å². The number of rotatable bonds is 6. The molecule has 1 aromatic rings. The third kappa shape index (κ3) is 3.71. The van der Waals surface area contributed by atoms with Gasteiger partial charge >= 0.3 is 6.61 Å². The number of nitrogens with two attached hydrogens (primary N) is 1. The molecule has 0 bridgehead atoms. The average Bonchev–Trinajstić information content (AvgIpc) is 2.89. The van der Waals surface area contributed by atoms with Crippen LogP contribution >= 0.6 is 0 Å². The van der Waals surface area contributed by atoms with Gasteiger partial charge in [0.1, 0.15) is 0 Å². The summed E-state index contributed by atoms with van der Waals surface area (Å²) in [4.78, 5) is -0.355. The van der Waals surface area contributed by atoms with Gasteiger partial charge in [-0.2, -0.15) is 8.78 Å². The lowest BCUT2D eigenvalue weighted by atomic mass is 10.0. The summed E-state index contributed by atoms with van der Waals surface area (Å²) >= 11 is 0. The van der Waals surface area contributed by atoms with Crippen LogP contribution in [0.1, 0.15) is 25.7 Å². The largest absolute Gasteiger partial charge is 0.432 e. The molecule has 1 aliphatic rings. The van der Waals surface area contributed by atoms with Gasteiger partial charge in [-0.15, -0.1) is 0 Å². The summed E-state index contributed by atoms with van der Waals surface area (Å²) in [7, 11) is -4.00. The van der Waals surface area contributed by atoms with E-state index >= 15 is 0 Å².